The highest BCUT2D eigenvalue weighted by atomic mass is 32.2. The summed E-state index contributed by atoms with van der Waals surface area (Å²) in [5.74, 6) is 0.148. The first-order valence-corrected chi connectivity index (χ1v) is 6.33. The number of hydrogen-bond acceptors (Lipinski definition) is 7. The molecule has 94 valence electrons. The number of nitrogens with zero attached hydrogens (tertiary/aromatic N) is 4. The molecule has 2 heterocycles. The molecule has 0 unspecified atom stereocenters. The van der Waals surface area contributed by atoms with Crippen molar-refractivity contribution in [1.29, 1.82) is 0 Å². The number of nitrogen functional groups attached to an aromatic ring is 1. The van der Waals surface area contributed by atoms with Crippen molar-refractivity contribution in [2.24, 2.45) is 0 Å². The number of ether oxygens (including phenoxy) is 1. The van der Waals surface area contributed by atoms with Crippen LogP contribution in [0.4, 0.5) is 5.95 Å². The van der Waals surface area contributed by atoms with Gasteiger partial charge in [0, 0.05) is 6.20 Å². The predicted molar refractivity (Wildman–Crippen MR) is 68.4 cm³/mol. The molecule has 0 spiro atoms. The second-order valence-electron chi connectivity index (χ2n) is 3.38. The van der Waals surface area contributed by atoms with Crippen molar-refractivity contribution in [2.45, 2.75) is 23.5 Å². The second-order valence-corrected chi connectivity index (χ2v) is 4.36. The van der Waals surface area contributed by atoms with E-state index in [-0.39, 0.29) is 12.0 Å². The van der Waals surface area contributed by atoms with Crippen molar-refractivity contribution in [2.75, 3.05) is 12.3 Å². The molecule has 2 aromatic heterocycles. The average molecular weight is 263 g/mol. The van der Waals surface area contributed by atoms with Gasteiger partial charge in [0.15, 0.2) is 0 Å². The first-order valence-electron chi connectivity index (χ1n) is 5.51. The van der Waals surface area contributed by atoms with E-state index >= 15 is 0 Å². The van der Waals surface area contributed by atoms with E-state index in [4.69, 9.17) is 10.5 Å². The van der Waals surface area contributed by atoms with Crippen LogP contribution in [0.25, 0.3) is 0 Å². The molecule has 0 saturated heterocycles. The smallest absolute Gasteiger partial charge is 0.322 e. The standard InChI is InChI=1S/C11H13N5OS/c1-2-7-17-10-14-9(12)15-11(16-10)18-8-5-3-4-6-13-8/h3-6H,2,7H2,1H3,(H2,12,14,15,16). The van der Waals surface area contributed by atoms with Crippen LogP contribution in [-0.4, -0.2) is 26.5 Å². The van der Waals surface area contributed by atoms with Gasteiger partial charge in [0.1, 0.15) is 5.03 Å². The summed E-state index contributed by atoms with van der Waals surface area (Å²) >= 11 is 1.32. The van der Waals surface area contributed by atoms with Crippen molar-refractivity contribution in [1.82, 2.24) is 19.9 Å². The molecule has 0 aromatic carbocycles. The van der Waals surface area contributed by atoms with Gasteiger partial charge in [-0.05, 0) is 30.3 Å². The molecule has 0 saturated carbocycles. The van der Waals surface area contributed by atoms with Crippen LogP contribution in [0.3, 0.4) is 0 Å². The maximum Gasteiger partial charge on any atom is 0.322 e. The number of pyridine rings is 1. The molecular formula is C11H13N5OS. The fraction of sp³-hybridized carbons (Fsp3) is 0.273. The summed E-state index contributed by atoms with van der Waals surface area (Å²) in [4.78, 5) is 16.3. The molecule has 2 aromatic rings. The lowest BCUT2D eigenvalue weighted by molar-refractivity contribution is 0.288. The Morgan fingerprint density at radius 1 is 1.28 bits per heavy atom. The lowest BCUT2D eigenvalue weighted by Crippen LogP contribution is -2.05. The van der Waals surface area contributed by atoms with Gasteiger partial charge in [-0.15, -0.1) is 0 Å². The highest BCUT2D eigenvalue weighted by molar-refractivity contribution is 7.99. The minimum absolute atomic E-state index is 0.148. The summed E-state index contributed by atoms with van der Waals surface area (Å²) < 4.78 is 5.34. The second kappa shape index (κ2) is 6.15. The van der Waals surface area contributed by atoms with Crippen molar-refractivity contribution in [3.8, 4) is 6.01 Å². The van der Waals surface area contributed by atoms with Crippen molar-refractivity contribution in [3.63, 3.8) is 0 Å². The quantitative estimate of drug-likeness (QED) is 0.879. The van der Waals surface area contributed by atoms with Crippen LogP contribution < -0.4 is 10.5 Å². The molecule has 0 fully saturated rings. The third-order valence-corrected chi connectivity index (χ3v) is 2.70. The predicted octanol–water partition coefficient (Wildman–Crippen LogP) is 1.79. The first-order chi connectivity index (χ1) is 8.78. The zero-order valence-electron chi connectivity index (χ0n) is 9.91. The Hall–Kier alpha value is -1.89. The van der Waals surface area contributed by atoms with Crippen LogP contribution in [0, 0.1) is 0 Å². The van der Waals surface area contributed by atoms with Crippen LogP contribution in [0.5, 0.6) is 6.01 Å². The SMILES string of the molecule is CCCOc1nc(N)nc(Sc2ccccn2)n1. The molecular weight excluding hydrogens is 250 g/mol. The Kier molecular flexibility index (Phi) is 4.30. The van der Waals surface area contributed by atoms with E-state index in [1.165, 1.54) is 11.8 Å². The van der Waals surface area contributed by atoms with Gasteiger partial charge in [0.05, 0.1) is 6.61 Å². The molecule has 0 bridgehead atoms. The van der Waals surface area contributed by atoms with Crippen LogP contribution in [0.2, 0.25) is 0 Å². The average Bonchev–Trinajstić information content (AvgIpc) is 2.37. The van der Waals surface area contributed by atoms with E-state index in [2.05, 4.69) is 19.9 Å². The van der Waals surface area contributed by atoms with Gasteiger partial charge in [-0.3, -0.25) is 0 Å². The third kappa shape index (κ3) is 3.56. The summed E-state index contributed by atoms with van der Waals surface area (Å²) in [6.45, 7) is 2.56. The molecule has 6 nitrogen and oxygen atoms in total. The fourth-order valence-corrected chi connectivity index (χ4v) is 1.87. The van der Waals surface area contributed by atoms with Crippen LogP contribution in [0.15, 0.2) is 34.6 Å². The van der Waals surface area contributed by atoms with E-state index in [0.29, 0.717) is 11.8 Å². The van der Waals surface area contributed by atoms with Crippen LogP contribution in [0.1, 0.15) is 13.3 Å². The Morgan fingerprint density at radius 3 is 2.89 bits per heavy atom. The van der Waals surface area contributed by atoms with Gasteiger partial charge >= 0.3 is 6.01 Å². The third-order valence-electron chi connectivity index (χ3n) is 1.88. The minimum Gasteiger partial charge on any atom is -0.463 e. The minimum atomic E-state index is 0.148. The maximum absolute atomic E-state index is 5.61. The number of hydrogen-bond donors (Lipinski definition) is 1. The molecule has 0 aliphatic rings. The molecule has 0 aliphatic carbocycles. The highest BCUT2D eigenvalue weighted by Gasteiger charge is 2.07. The van der Waals surface area contributed by atoms with E-state index in [9.17, 15) is 0 Å². The van der Waals surface area contributed by atoms with Gasteiger partial charge in [0.2, 0.25) is 11.1 Å². The Balaban J connectivity index is 2.15. The molecule has 18 heavy (non-hydrogen) atoms. The molecule has 0 atom stereocenters. The van der Waals surface area contributed by atoms with Gasteiger partial charge in [-0.25, -0.2) is 4.98 Å². The Labute approximate surface area is 109 Å². The molecule has 2 rings (SSSR count). The molecule has 0 aliphatic heterocycles. The van der Waals surface area contributed by atoms with Gasteiger partial charge in [-0.2, -0.15) is 15.0 Å². The Bertz CT molecular complexity index is 508. The summed E-state index contributed by atoms with van der Waals surface area (Å²) in [7, 11) is 0. The van der Waals surface area contributed by atoms with E-state index in [1.54, 1.807) is 6.20 Å². The zero-order chi connectivity index (χ0) is 12.8. The number of rotatable bonds is 5. The molecule has 7 heteroatoms. The van der Waals surface area contributed by atoms with Crippen LogP contribution in [-0.2, 0) is 0 Å². The van der Waals surface area contributed by atoms with Gasteiger partial charge in [0.25, 0.3) is 0 Å². The number of aromatic nitrogens is 4. The number of anilines is 1. The summed E-state index contributed by atoms with van der Waals surface area (Å²) in [5, 5.41) is 1.27. The van der Waals surface area contributed by atoms with Crippen molar-refractivity contribution < 1.29 is 4.74 Å². The van der Waals surface area contributed by atoms with Gasteiger partial charge < -0.3 is 10.5 Å². The monoisotopic (exact) mass is 263 g/mol. The van der Waals surface area contributed by atoms with Crippen molar-refractivity contribution in [3.05, 3.63) is 24.4 Å². The molecule has 0 radical (unpaired) electrons. The largest absolute Gasteiger partial charge is 0.463 e. The molecule has 2 N–H and O–H groups in total. The summed E-state index contributed by atoms with van der Waals surface area (Å²) in [6, 6.07) is 5.87. The lowest BCUT2D eigenvalue weighted by atomic mass is 10.5. The normalized spacial score (nSPS) is 10.3. The fourth-order valence-electron chi connectivity index (χ4n) is 1.16. The number of nitrogens with two attached hydrogens (primary N) is 1. The van der Waals surface area contributed by atoms with E-state index < -0.39 is 0 Å². The Morgan fingerprint density at radius 2 is 2.17 bits per heavy atom. The topological polar surface area (TPSA) is 86.8 Å². The van der Waals surface area contributed by atoms with Crippen LogP contribution >= 0.6 is 11.8 Å². The highest BCUT2D eigenvalue weighted by Crippen LogP contribution is 2.23. The molecule has 0 amide bonds. The van der Waals surface area contributed by atoms with E-state index in [0.717, 1.165) is 11.4 Å². The zero-order valence-corrected chi connectivity index (χ0v) is 10.7. The van der Waals surface area contributed by atoms with Gasteiger partial charge in [-0.1, -0.05) is 13.0 Å². The van der Waals surface area contributed by atoms with Crippen molar-refractivity contribution >= 4 is 17.7 Å². The lowest BCUT2D eigenvalue weighted by Gasteiger charge is -2.04. The maximum atomic E-state index is 5.61. The van der Waals surface area contributed by atoms with E-state index in [1.807, 2.05) is 25.1 Å². The first kappa shape index (κ1) is 12.6. The summed E-state index contributed by atoms with van der Waals surface area (Å²) in [5.41, 5.74) is 5.61. The summed E-state index contributed by atoms with van der Waals surface area (Å²) in [6.07, 6.45) is 2.59.